The van der Waals surface area contributed by atoms with Crippen LogP contribution in [0.3, 0.4) is 0 Å². The van der Waals surface area contributed by atoms with Crippen molar-refractivity contribution < 1.29 is 22.3 Å². The zero-order valence-electron chi connectivity index (χ0n) is 23.5. The van der Waals surface area contributed by atoms with Gasteiger partial charge < -0.3 is 24.7 Å². The lowest BCUT2D eigenvalue weighted by Gasteiger charge is -2.40. The molecule has 0 bridgehead atoms. The zero-order chi connectivity index (χ0) is 29.1. The maximum Gasteiger partial charge on any atom is 0.573 e. The van der Waals surface area contributed by atoms with Gasteiger partial charge in [-0.2, -0.15) is 5.10 Å². The molecule has 0 amide bonds. The fourth-order valence-electron chi connectivity index (χ4n) is 5.98. The summed E-state index contributed by atoms with van der Waals surface area (Å²) in [5, 5.41) is 11.9. The van der Waals surface area contributed by atoms with Crippen LogP contribution >= 0.6 is 0 Å². The second-order valence-corrected chi connectivity index (χ2v) is 11.1. The molecular formula is C31H35F3N6O2. The van der Waals surface area contributed by atoms with Crippen molar-refractivity contribution in [2.45, 2.75) is 69.9 Å². The Morgan fingerprint density at radius 1 is 0.905 bits per heavy atom. The number of hydrogen-bond acceptors (Lipinski definition) is 7. The van der Waals surface area contributed by atoms with Gasteiger partial charge in [-0.1, -0.05) is 12.8 Å². The lowest BCUT2D eigenvalue weighted by atomic mass is 9.89. The molecule has 222 valence electrons. The third-order valence-electron chi connectivity index (χ3n) is 8.03. The first-order chi connectivity index (χ1) is 20.3. The van der Waals surface area contributed by atoms with Crippen molar-refractivity contribution >= 4 is 11.7 Å². The molecule has 1 aliphatic heterocycles. The Labute approximate surface area is 242 Å². The number of hydrogen-bond donors (Lipinski definition) is 2. The van der Waals surface area contributed by atoms with Crippen molar-refractivity contribution in [3.8, 4) is 22.8 Å². The van der Waals surface area contributed by atoms with Gasteiger partial charge in [-0.05, 0) is 87.2 Å². The molecule has 0 spiro atoms. The van der Waals surface area contributed by atoms with Crippen LogP contribution < -0.4 is 20.3 Å². The van der Waals surface area contributed by atoms with Gasteiger partial charge in [-0.25, -0.2) is 9.67 Å². The van der Waals surface area contributed by atoms with E-state index in [0.29, 0.717) is 23.4 Å². The fourth-order valence-corrected chi connectivity index (χ4v) is 5.98. The molecule has 4 aromatic rings. The summed E-state index contributed by atoms with van der Waals surface area (Å²) in [5.41, 5.74) is 3.89. The monoisotopic (exact) mass is 580 g/mol. The molecule has 8 nitrogen and oxygen atoms in total. The summed E-state index contributed by atoms with van der Waals surface area (Å²) in [4.78, 5) is 6.85. The van der Waals surface area contributed by atoms with Gasteiger partial charge in [0.2, 0.25) is 0 Å². The molecule has 42 heavy (non-hydrogen) atoms. The Bertz CT molecular complexity index is 1450. The van der Waals surface area contributed by atoms with Crippen molar-refractivity contribution in [1.29, 1.82) is 0 Å². The molecule has 2 aromatic heterocycles. The van der Waals surface area contributed by atoms with Crippen LogP contribution in [-0.2, 0) is 0 Å². The van der Waals surface area contributed by atoms with Crippen molar-refractivity contribution in [2.24, 2.45) is 0 Å². The summed E-state index contributed by atoms with van der Waals surface area (Å²) in [6, 6.07) is 17.4. The molecule has 2 aromatic carbocycles. The molecule has 1 saturated carbocycles. The lowest BCUT2D eigenvalue weighted by Crippen LogP contribution is -2.54. The second kappa shape index (κ2) is 12.1. The first-order valence-corrected chi connectivity index (χ1v) is 14.5. The largest absolute Gasteiger partial charge is 0.573 e. The van der Waals surface area contributed by atoms with Crippen LogP contribution in [-0.4, -0.2) is 52.3 Å². The summed E-state index contributed by atoms with van der Waals surface area (Å²) in [6.07, 6.45) is 5.46. The number of alkyl halides is 3. The van der Waals surface area contributed by atoms with Crippen LogP contribution in [0.25, 0.3) is 17.0 Å². The Morgan fingerprint density at radius 2 is 1.64 bits per heavy atom. The molecule has 2 fully saturated rings. The minimum absolute atomic E-state index is 0.167. The molecule has 2 N–H and O–H groups in total. The number of aryl methyl sites for hydroxylation is 1. The van der Waals surface area contributed by atoms with Crippen LogP contribution in [0.2, 0.25) is 0 Å². The van der Waals surface area contributed by atoms with Gasteiger partial charge in [0.25, 0.3) is 6.01 Å². The average Bonchev–Trinajstić information content (AvgIpc) is 3.63. The third kappa shape index (κ3) is 6.89. The van der Waals surface area contributed by atoms with Gasteiger partial charge in [-0.15, -0.1) is 13.2 Å². The predicted octanol–water partition coefficient (Wildman–Crippen LogP) is 6.72. The van der Waals surface area contributed by atoms with Crippen LogP contribution in [0.15, 0.2) is 71.4 Å². The number of nitrogens with zero attached hydrogens (tertiary/aromatic N) is 4. The molecule has 1 aliphatic carbocycles. The van der Waals surface area contributed by atoms with E-state index >= 15 is 0 Å². The highest BCUT2D eigenvalue weighted by Gasteiger charge is 2.32. The van der Waals surface area contributed by atoms with E-state index in [2.05, 4.69) is 54.6 Å². The number of anilines is 2. The lowest BCUT2D eigenvalue weighted by molar-refractivity contribution is -0.274. The van der Waals surface area contributed by atoms with Crippen molar-refractivity contribution in [2.75, 3.05) is 23.3 Å². The van der Waals surface area contributed by atoms with Gasteiger partial charge in [0.1, 0.15) is 5.75 Å². The molecular weight excluding hydrogens is 545 g/mol. The van der Waals surface area contributed by atoms with E-state index in [1.807, 2.05) is 23.9 Å². The molecule has 3 heterocycles. The van der Waals surface area contributed by atoms with Crippen LogP contribution in [0.1, 0.15) is 44.2 Å². The standard InChI is InChI=1S/C31H35F3N6O2/c1-21-16-18-40(38-21)25-12-10-24(11-13-25)39-17-4-5-23(20-39)36-27-6-2-3-7-28(27)37-30-35-19-29(41-30)22-8-14-26(15-9-22)42-31(32,33)34/h8-16,18-19,23,27-28,36H,2-7,17,20H2,1H3,(H,35,37)/t23-,27+,28+/m0/s1. The fraction of sp³-hybridized carbons (Fsp3) is 0.419. The minimum atomic E-state index is -4.72. The van der Waals surface area contributed by atoms with Gasteiger partial charge in [0, 0.05) is 48.7 Å². The van der Waals surface area contributed by atoms with Gasteiger partial charge in [-0.3, -0.25) is 0 Å². The summed E-state index contributed by atoms with van der Waals surface area (Å²) in [7, 11) is 0. The van der Waals surface area contributed by atoms with Gasteiger partial charge >= 0.3 is 6.36 Å². The Balaban J connectivity index is 1.06. The van der Waals surface area contributed by atoms with Gasteiger partial charge in [0.15, 0.2) is 5.76 Å². The van der Waals surface area contributed by atoms with E-state index in [1.54, 1.807) is 6.20 Å². The predicted molar refractivity (Wildman–Crippen MR) is 155 cm³/mol. The topological polar surface area (TPSA) is 80.4 Å². The van der Waals surface area contributed by atoms with Crippen LogP contribution in [0.4, 0.5) is 24.9 Å². The highest BCUT2D eigenvalue weighted by molar-refractivity contribution is 5.58. The quantitative estimate of drug-likeness (QED) is 0.240. The van der Waals surface area contributed by atoms with E-state index in [1.165, 1.54) is 36.4 Å². The Hall–Kier alpha value is -3.99. The second-order valence-electron chi connectivity index (χ2n) is 11.1. The average molecular weight is 581 g/mol. The number of aromatic nitrogens is 3. The van der Waals surface area contributed by atoms with E-state index in [0.717, 1.165) is 56.6 Å². The molecule has 6 rings (SSSR count). The number of halogens is 3. The molecule has 0 unspecified atom stereocenters. The minimum Gasteiger partial charge on any atom is -0.424 e. The highest BCUT2D eigenvalue weighted by atomic mass is 19.4. The maximum atomic E-state index is 12.5. The van der Waals surface area contributed by atoms with E-state index in [-0.39, 0.29) is 17.8 Å². The number of piperidine rings is 1. The summed E-state index contributed by atoms with van der Waals surface area (Å²) in [5.74, 6) is 0.204. The molecule has 3 atom stereocenters. The summed E-state index contributed by atoms with van der Waals surface area (Å²) >= 11 is 0. The number of benzene rings is 2. The third-order valence-corrected chi connectivity index (χ3v) is 8.03. The van der Waals surface area contributed by atoms with Gasteiger partial charge in [0.05, 0.1) is 17.6 Å². The Kier molecular flexibility index (Phi) is 8.10. The molecule has 1 saturated heterocycles. The first-order valence-electron chi connectivity index (χ1n) is 14.5. The van der Waals surface area contributed by atoms with E-state index in [9.17, 15) is 13.2 Å². The number of oxazole rings is 1. The van der Waals surface area contributed by atoms with Crippen molar-refractivity contribution in [3.63, 3.8) is 0 Å². The molecule has 11 heteroatoms. The number of ether oxygens (including phenoxy) is 1. The molecule has 0 radical (unpaired) electrons. The molecule has 2 aliphatic rings. The number of nitrogens with one attached hydrogen (secondary N) is 2. The SMILES string of the molecule is Cc1ccn(-c2ccc(N3CCC[C@H](N[C@@H]4CCCC[C@H]4Nc4ncc(-c5ccc(OC(F)(F)F)cc5)o4)C3)cc2)n1. The summed E-state index contributed by atoms with van der Waals surface area (Å²) < 4.78 is 49.2. The maximum absolute atomic E-state index is 12.5. The Morgan fingerprint density at radius 3 is 2.36 bits per heavy atom. The van der Waals surface area contributed by atoms with E-state index < -0.39 is 6.36 Å². The normalized spacial score (nSPS) is 21.3. The van der Waals surface area contributed by atoms with Crippen molar-refractivity contribution in [1.82, 2.24) is 20.1 Å². The van der Waals surface area contributed by atoms with Crippen LogP contribution in [0, 0.1) is 6.92 Å². The van der Waals surface area contributed by atoms with Crippen LogP contribution in [0.5, 0.6) is 5.75 Å². The first kappa shape index (κ1) is 28.1. The number of rotatable bonds is 8. The zero-order valence-corrected chi connectivity index (χ0v) is 23.5. The van der Waals surface area contributed by atoms with Crippen molar-refractivity contribution in [3.05, 3.63) is 72.7 Å². The summed E-state index contributed by atoms with van der Waals surface area (Å²) in [6.45, 7) is 3.97. The smallest absolute Gasteiger partial charge is 0.424 e. The van der Waals surface area contributed by atoms with E-state index in [4.69, 9.17) is 4.42 Å². The highest BCUT2D eigenvalue weighted by Crippen LogP contribution is 2.30.